The van der Waals surface area contributed by atoms with Gasteiger partial charge in [0.1, 0.15) is 5.82 Å². The Kier molecular flexibility index (Phi) is 6.51. The van der Waals surface area contributed by atoms with Crippen molar-refractivity contribution in [3.63, 3.8) is 0 Å². The van der Waals surface area contributed by atoms with Crippen molar-refractivity contribution in [2.45, 2.75) is 17.8 Å². The lowest BCUT2D eigenvalue weighted by molar-refractivity contribution is -0.137. The fraction of sp³-hybridized carbons (Fsp3) is 0.350. The maximum atomic E-state index is 12.9. The first-order valence-electron chi connectivity index (χ1n) is 9.65. The largest absolute Gasteiger partial charge is 0.416 e. The van der Waals surface area contributed by atoms with Crippen molar-refractivity contribution in [3.05, 3.63) is 58.0 Å². The highest BCUT2D eigenvalue weighted by Crippen LogP contribution is 2.32. The molecule has 31 heavy (non-hydrogen) atoms. The highest BCUT2D eigenvalue weighted by molar-refractivity contribution is 7.99. The third-order valence-corrected chi connectivity index (χ3v) is 6.64. The first kappa shape index (κ1) is 21.7. The van der Waals surface area contributed by atoms with Gasteiger partial charge in [0.25, 0.3) is 0 Å². The third-order valence-electron chi connectivity index (χ3n) is 4.93. The van der Waals surface area contributed by atoms with Crippen LogP contribution in [0.4, 0.5) is 18.9 Å². The first-order chi connectivity index (χ1) is 14.9. The van der Waals surface area contributed by atoms with Gasteiger partial charge in [-0.15, -0.1) is 16.4 Å². The highest BCUT2D eigenvalue weighted by Gasteiger charge is 2.31. The van der Waals surface area contributed by atoms with E-state index in [1.807, 2.05) is 22.4 Å². The molecule has 6 nitrogen and oxygen atoms in total. The molecule has 0 spiro atoms. The van der Waals surface area contributed by atoms with Gasteiger partial charge in [-0.2, -0.15) is 13.2 Å². The first-order valence-corrected chi connectivity index (χ1v) is 11.5. The SMILES string of the molecule is O=C(CSc1n[nH]c(Cc2cccs2)n1)N1CCN(c2cccc(C(F)(F)F)c2)CC1. The summed E-state index contributed by atoms with van der Waals surface area (Å²) in [5.41, 5.74) is -0.139. The highest BCUT2D eigenvalue weighted by atomic mass is 32.2. The summed E-state index contributed by atoms with van der Waals surface area (Å²) in [6.45, 7) is 1.91. The normalized spacial score (nSPS) is 14.8. The van der Waals surface area contributed by atoms with Gasteiger partial charge in [0, 0.05) is 43.2 Å². The van der Waals surface area contributed by atoms with Crippen LogP contribution < -0.4 is 4.90 Å². The Morgan fingerprint density at radius 2 is 1.97 bits per heavy atom. The minimum absolute atomic E-state index is 0.0294. The fourth-order valence-corrected chi connectivity index (χ4v) is 4.74. The molecule has 1 N–H and O–H groups in total. The Morgan fingerprint density at radius 3 is 2.68 bits per heavy atom. The standard InChI is InChI=1S/C20H20F3N5OS2/c21-20(22,23)14-3-1-4-15(11-14)27-6-8-28(9-7-27)18(29)13-31-19-24-17(25-26-19)12-16-5-2-10-30-16/h1-5,10-11H,6-9,12-13H2,(H,24,25,26). The van der Waals surface area contributed by atoms with E-state index in [4.69, 9.17) is 0 Å². The average molecular weight is 468 g/mol. The van der Waals surface area contributed by atoms with Crippen molar-refractivity contribution in [2.75, 3.05) is 36.8 Å². The minimum atomic E-state index is -4.37. The summed E-state index contributed by atoms with van der Waals surface area (Å²) >= 11 is 2.93. The van der Waals surface area contributed by atoms with E-state index < -0.39 is 11.7 Å². The topological polar surface area (TPSA) is 65.1 Å². The fourth-order valence-electron chi connectivity index (χ4n) is 3.31. The second-order valence-corrected chi connectivity index (χ2v) is 9.00. The number of aromatic amines is 1. The molecule has 1 fully saturated rings. The molecule has 0 atom stereocenters. The number of nitrogens with one attached hydrogen (secondary N) is 1. The van der Waals surface area contributed by atoms with Crippen molar-refractivity contribution < 1.29 is 18.0 Å². The molecule has 11 heteroatoms. The van der Waals surface area contributed by atoms with Crippen LogP contribution in [0.3, 0.4) is 0 Å². The maximum absolute atomic E-state index is 12.9. The molecule has 4 rings (SSSR count). The van der Waals surface area contributed by atoms with Crippen molar-refractivity contribution in [1.29, 1.82) is 0 Å². The number of anilines is 1. The number of H-pyrrole nitrogens is 1. The number of aromatic nitrogens is 3. The number of rotatable bonds is 6. The van der Waals surface area contributed by atoms with Crippen molar-refractivity contribution in [2.24, 2.45) is 0 Å². The smallest absolute Gasteiger partial charge is 0.368 e. The van der Waals surface area contributed by atoms with E-state index in [9.17, 15) is 18.0 Å². The number of thioether (sulfide) groups is 1. The predicted molar refractivity (Wildman–Crippen MR) is 114 cm³/mol. The number of hydrogen-bond donors (Lipinski definition) is 1. The van der Waals surface area contributed by atoms with Gasteiger partial charge in [0.05, 0.1) is 11.3 Å². The molecule has 2 aromatic heterocycles. The lowest BCUT2D eigenvalue weighted by atomic mass is 10.1. The van der Waals surface area contributed by atoms with Gasteiger partial charge < -0.3 is 9.80 Å². The zero-order valence-electron chi connectivity index (χ0n) is 16.4. The number of benzene rings is 1. The van der Waals surface area contributed by atoms with E-state index >= 15 is 0 Å². The molecular weight excluding hydrogens is 447 g/mol. The van der Waals surface area contributed by atoms with E-state index in [2.05, 4.69) is 15.2 Å². The monoisotopic (exact) mass is 467 g/mol. The lowest BCUT2D eigenvalue weighted by Gasteiger charge is -2.36. The summed E-state index contributed by atoms with van der Waals surface area (Å²) in [4.78, 5) is 21.7. The van der Waals surface area contributed by atoms with Crippen LogP contribution in [0, 0.1) is 0 Å². The van der Waals surface area contributed by atoms with Crippen molar-refractivity contribution >= 4 is 34.7 Å². The Morgan fingerprint density at radius 1 is 1.16 bits per heavy atom. The summed E-state index contributed by atoms with van der Waals surface area (Å²) in [7, 11) is 0. The second-order valence-electron chi connectivity index (χ2n) is 7.03. The number of piperazine rings is 1. The van der Waals surface area contributed by atoms with Crippen molar-refractivity contribution in [3.8, 4) is 0 Å². The van der Waals surface area contributed by atoms with Crippen LogP contribution in [0.5, 0.6) is 0 Å². The minimum Gasteiger partial charge on any atom is -0.368 e. The second kappa shape index (κ2) is 9.31. The maximum Gasteiger partial charge on any atom is 0.416 e. The van der Waals surface area contributed by atoms with Gasteiger partial charge in [-0.25, -0.2) is 4.98 Å². The molecule has 0 bridgehead atoms. The van der Waals surface area contributed by atoms with E-state index in [-0.39, 0.29) is 11.7 Å². The van der Waals surface area contributed by atoms with Crippen molar-refractivity contribution in [1.82, 2.24) is 20.1 Å². The summed E-state index contributed by atoms with van der Waals surface area (Å²) in [6.07, 6.45) is -3.69. The molecule has 1 saturated heterocycles. The molecule has 0 unspecified atom stereocenters. The molecule has 164 valence electrons. The van der Waals surface area contributed by atoms with E-state index in [0.717, 1.165) is 18.0 Å². The Bertz CT molecular complexity index is 1010. The molecule has 0 radical (unpaired) electrons. The van der Waals surface area contributed by atoms with Gasteiger partial charge in [-0.05, 0) is 29.6 Å². The van der Waals surface area contributed by atoms with Crippen LogP contribution in [-0.4, -0.2) is 57.9 Å². The molecule has 3 heterocycles. The van der Waals surface area contributed by atoms with Crippen LogP contribution in [0.15, 0.2) is 46.9 Å². The third kappa shape index (κ3) is 5.59. The number of thiophene rings is 1. The quantitative estimate of drug-likeness (QED) is 0.557. The van der Waals surface area contributed by atoms with Crippen LogP contribution >= 0.6 is 23.1 Å². The molecule has 1 aliphatic heterocycles. The number of amides is 1. The summed E-state index contributed by atoms with van der Waals surface area (Å²) in [6, 6.07) is 9.31. The molecule has 1 aliphatic rings. The number of carbonyl (C=O) groups is 1. The molecule has 1 aromatic carbocycles. The van der Waals surface area contributed by atoms with Crippen LogP contribution in [-0.2, 0) is 17.4 Å². The number of halogens is 3. The number of alkyl halides is 3. The molecule has 3 aromatic rings. The van der Waals surface area contributed by atoms with Gasteiger partial charge >= 0.3 is 6.18 Å². The van der Waals surface area contributed by atoms with Gasteiger partial charge in [-0.3, -0.25) is 9.89 Å². The number of carbonyl (C=O) groups excluding carboxylic acids is 1. The molecule has 0 saturated carbocycles. The molecule has 0 aliphatic carbocycles. The van der Waals surface area contributed by atoms with Crippen LogP contribution in [0.25, 0.3) is 0 Å². The summed E-state index contributed by atoms with van der Waals surface area (Å²) < 4.78 is 38.8. The van der Waals surface area contributed by atoms with E-state index in [1.165, 1.54) is 22.7 Å². The van der Waals surface area contributed by atoms with Crippen LogP contribution in [0.1, 0.15) is 16.3 Å². The van der Waals surface area contributed by atoms with Gasteiger partial charge in [0.15, 0.2) is 0 Å². The zero-order valence-corrected chi connectivity index (χ0v) is 18.1. The van der Waals surface area contributed by atoms with Gasteiger partial charge in [0.2, 0.25) is 11.1 Å². The number of hydrogen-bond acceptors (Lipinski definition) is 6. The predicted octanol–water partition coefficient (Wildman–Crippen LogP) is 3.92. The van der Waals surface area contributed by atoms with E-state index in [0.29, 0.717) is 43.4 Å². The summed E-state index contributed by atoms with van der Waals surface area (Å²) in [5.74, 6) is 0.949. The molecule has 1 amide bonds. The Labute approximate surface area is 185 Å². The van der Waals surface area contributed by atoms with E-state index in [1.54, 1.807) is 22.3 Å². The van der Waals surface area contributed by atoms with Crippen LogP contribution in [0.2, 0.25) is 0 Å². The Balaban J connectivity index is 1.26. The summed E-state index contributed by atoms with van der Waals surface area (Å²) in [5, 5.41) is 9.59. The number of nitrogens with zero attached hydrogens (tertiary/aromatic N) is 4. The average Bonchev–Trinajstić information content (AvgIpc) is 3.44. The lowest BCUT2D eigenvalue weighted by Crippen LogP contribution is -2.49. The van der Waals surface area contributed by atoms with Gasteiger partial charge in [-0.1, -0.05) is 23.9 Å². The molecular formula is C20H20F3N5OS2. The zero-order chi connectivity index (χ0) is 21.8. The Hall–Kier alpha value is -2.53.